The lowest BCUT2D eigenvalue weighted by Gasteiger charge is -2.26. The summed E-state index contributed by atoms with van der Waals surface area (Å²) in [6.45, 7) is 6.88. The zero-order chi connectivity index (χ0) is 14.2. The van der Waals surface area contributed by atoms with Crippen LogP contribution in [0.4, 0.5) is 5.82 Å². The summed E-state index contributed by atoms with van der Waals surface area (Å²) in [7, 11) is 2.15. The second kappa shape index (κ2) is 8.17. The maximum atomic E-state index is 5.40. The van der Waals surface area contributed by atoms with Crippen LogP contribution in [-0.2, 0) is 11.3 Å². The summed E-state index contributed by atoms with van der Waals surface area (Å²) < 4.78 is 5.40. The molecule has 0 saturated carbocycles. The molecule has 2 rings (SSSR count). The second-order valence-corrected chi connectivity index (χ2v) is 5.57. The van der Waals surface area contributed by atoms with Crippen molar-refractivity contribution in [2.75, 3.05) is 38.7 Å². The van der Waals surface area contributed by atoms with Crippen molar-refractivity contribution >= 4 is 5.82 Å². The third-order valence-electron chi connectivity index (χ3n) is 3.60. The number of aromatic nitrogens is 2. The Balaban J connectivity index is 1.76. The summed E-state index contributed by atoms with van der Waals surface area (Å²) in [5, 5.41) is 3.24. The Labute approximate surface area is 121 Å². The van der Waals surface area contributed by atoms with Crippen LogP contribution in [0.2, 0.25) is 0 Å². The van der Waals surface area contributed by atoms with Crippen molar-refractivity contribution in [2.45, 2.75) is 32.7 Å². The SMILES string of the molecule is CCCNc1cnc(CN(C)CC2CCOCC2)cn1. The van der Waals surface area contributed by atoms with Crippen LogP contribution in [0, 0.1) is 5.92 Å². The lowest BCUT2D eigenvalue weighted by atomic mass is 10.00. The van der Waals surface area contributed by atoms with Gasteiger partial charge in [-0.05, 0) is 32.2 Å². The summed E-state index contributed by atoms with van der Waals surface area (Å²) in [5.41, 5.74) is 1.03. The molecule has 1 fully saturated rings. The van der Waals surface area contributed by atoms with Crippen LogP contribution in [0.1, 0.15) is 31.9 Å². The smallest absolute Gasteiger partial charge is 0.144 e. The summed E-state index contributed by atoms with van der Waals surface area (Å²) in [6, 6.07) is 0. The third-order valence-corrected chi connectivity index (χ3v) is 3.60. The molecule has 0 radical (unpaired) electrons. The van der Waals surface area contributed by atoms with Crippen LogP contribution in [-0.4, -0.2) is 48.2 Å². The largest absolute Gasteiger partial charge is 0.381 e. The molecule has 1 aliphatic rings. The van der Waals surface area contributed by atoms with Gasteiger partial charge in [0.05, 0.1) is 18.1 Å². The maximum Gasteiger partial charge on any atom is 0.144 e. The van der Waals surface area contributed by atoms with Gasteiger partial charge in [-0.3, -0.25) is 4.98 Å². The number of rotatable bonds is 7. The number of hydrogen-bond donors (Lipinski definition) is 1. The fourth-order valence-corrected chi connectivity index (χ4v) is 2.49. The third kappa shape index (κ3) is 5.06. The van der Waals surface area contributed by atoms with E-state index in [0.717, 1.165) is 56.7 Å². The highest BCUT2D eigenvalue weighted by atomic mass is 16.5. The van der Waals surface area contributed by atoms with Crippen molar-refractivity contribution in [1.29, 1.82) is 0 Å². The molecule has 112 valence electrons. The highest BCUT2D eigenvalue weighted by Gasteiger charge is 2.16. The van der Waals surface area contributed by atoms with Crippen molar-refractivity contribution in [3.63, 3.8) is 0 Å². The molecule has 0 unspecified atom stereocenters. The minimum atomic E-state index is 0.757. The Morgan fingerprint density at radius 1 is 1.30 bits per heavy atom. The van der Waals surface area contributed by atoms with E-state index < -0.39 is 0 Å². The van der Waals surface area contributed by atoms with Gasteiger partial charge in [0.1, 0.15) is 5.82 Å². The summed E-state index contributed by atoms with van der Waals surface area (Å²) in [4.78, 5) is 11.2. The van der Waals surface area contributed by atoms with Gasteiger partial charge in [0.2, 0.25) is 0 Å². The average Bonchev–Trinajstić information content (AvgIpc) is 2.47. The van der Waals surface area contributed by atoms with Gasteiger partial charge < -0.3 is 15.0 Å². The lowest BCUT2D eigenvalue weighted by Crippen LogP contribution is -2.29. The molecule has 0 bridgehead atoms. The average molecular weight is 278 g/mol. The predicted molar refractivity (Wildman–Crippen MR) is 80.7 cm³/mol. The zero-order valence-electron chi connectivity index (χ0n) is 12.6. The Morgan fingerprint density at radius 3 is 2.75 bits per heavy atom. The second-order valence-electron chi connectivity index (χ2n) is 5.57. The molecule has 0 atom stereocenters. The van der Waals surface area contributed by atoms with Gasteiger partial charge in [-0.25, -0.2) is 4.98 Å². The van der Waals surface area contributed by atoms with E-state index in [2.05, 4.69) is 34.2 Å². The molecule has 0 spiro atoms. The van der Waals surface area contributed by atoms with Gasteiger partial charge in [-0.2, -0.15) is 0 Å². The fraction of sp³-hybridized carbons (Fsp3) is 0.733. The molecule has 0 amide bonds. The number of nitrogens with one attached hydrogen (secondary N) is 1. The number of anilines is 1. The van der Waals surface area contributed by atoms with Crippen molar-refractivity contribution in [2.24, 2.45) is 5.92 Å². The van der Waals surface area contributed by atoms with Gasteiger partial charge in [0.15, 0.2) is 0 Å². The molecule has 2 heterocycles. The van der Waals surface area contributed by atoms with Crippen molar-refractivity contribution in [1.82, 2.24) is 14.9 Å². The minimum Gasteiger partial charge on any atom is -0.381 e. The van der Waals surface area contributed by atoms with Crippen molar-refractivity contribution in [3.8, 4) is 0 Å². The van der Waals surface area contributed by atoms with E-state index in [9.17, 15) is 0 Å². The van der Waals surface area contributed by atoms with Crippen molar-refractivity contribution in [3.05, 3.63) is 18.1 Å². The quantitative estimate of drug-likeness (QED) is 0.828. The molecule has 0 aliphatic carbocycles. The zero-order valence-corrected chi connectivity index (χ0v) is 12.6. The molecular formula is C15H26N4O. The Kier molecular flexibility index (Phi) is 6.21. The first-order valence-electron chi connectivity index (χ1n) is 7.59. The standard InChI is InChI=1S/C15H26N4O/c1-3-6-16-15-10-17-14(9-18-15)12-19(2)11-13-4-7-20-8-5-13/h9-10,13H,3-8,11-12H2,1-2H3,(H,16,18). The van der Waals surface area contributed by atoms with E-state index in [1.807, 2.05) is 12.4 Å². The van der Waals surface area contributed by atoms with Crippen LogP contribution in [0.5, 0.6) is 0 Å². The molecular weight excluding hydrogens is 252 g/mol. The summed E-state index contributed by atoms with van der Waals surface area (Å²) >= 11 is 0. The molecule has 1 aliphatic heterocycles. The Bertz CT molecular complexity index is 376. The topological polar surface area (TPSA) is 50.3 Å². The number of hydrogen-bond acceptors (Lipinski definition) is 5. The normalized spacial score (nSPS) is 16.6. The summed E-state index contributed by atoms with van der Waals surface area (Å²) in [6.07, 6.45) is 7.15. The molecule has 1 N–H and O–H groups in total. The van der Waals surface area contributed by atoms with E-state index >= 15 is 0 Å². The molecule has 5 heteroatoms. The highest BCUT2D eigenvalue weighted by molar-refractivity contribution is 5.30. The summed E-state index contributed by atoms with van der Waals surface area (Å²) in [5.74, 6) is 1.62. The fourth-order valence-electron chi connectivity index (χ4n) is 2.49. The van der Waals surface area contributed by atoms with Crippen LogP contribution in [0.3, 0.4) is 0 Å². The first kappa shape index (κ1) is 15.2. The predicted octanol–water partition coefficient (Wildman–Crippen LogP) is 2.16. The van der Waals surface area contributed by atoms with E-state index in [1.54, 1.807) is 0 Å². The van der Waals surface area contributed by atoms with Gasteiger partial charge in [-0.15, -0.1) is 0 Å². The van der Waals surface area contributed by atoms with E-state index in [-0.39, 0.29) is 0 Å². The van der Waals surface area contributed by atoms with E-state index in [1.165, 1.54) is 12.8 Å². The Morgan fingerprint density at radius 2 is 2.10 bits per heavy atom. The number of nitrogens with zero attached hydrogens (tertiary/aromatic N) is 3. The molecule has 1 aromatic heterocycles. The van der Waals surface area contributed by atoms with Crippen LogP contribution in [0.25, 0.3) is 0 Å². The monoisotopic (exact) mass is 278 g/mol. The van der Waals surface area contributed by atoms with Crippen LogP contribution >= 0.6 is 0 Å². The van der Waals surface area contributed by atoms with Crippen molar-refractivity contribution < 1.29 is 4.74 Å². The molecule has 1 saturated heterocycles. The van der Waals surface area contributed by atoms with Gasteiger partial charge >= 0.3 is 0 Å². The van der Waals surface area contributed by atoms with Crippen LogP contribution in [0.15, 0.2) is 12.4 Å². The van der Waals surface area contributed by atoms with Gasteiger partial charge in [-0.1, -0.05) is 6.92 Å². The molecule has 5 nitrogen and oxygen atoms in total. The number of ether oxygens (including phenoxy) is 1. The minimum absolute atomic E-state index is 0.757. The molecule has 20 heavy (non-hydrogen) atoms. The van der Waals surface area contributed by atoms with Crippen LogP contribution < -0.4 is 5.32 Å². The molecule has 1 aromatic rings. The van der Waals surface area contributed by atoms with Gasteiger partial charge in [0, 0.05) is 32.8 Å². The highest BCUT2D eigenvalue weighted by Crippen LogP contribution is 2.16. The Hall–Kier alpha value is -1.20. The first-order valence-corrected chi connectivity index (χ1v) is 7.59. The lowest BCUT2D eigenvalue weighted by molar-refractivity contribution is 0.0548. The first-order chi connectivity index (χ1) is 9.78. The molecule has 0 aromatic carbocycles. The van der Waals surface area contributed by atoms with E-state index in [0.29, 0.717) is 0 Å². The maximum absolute atomic E-state index is 5.40. The van der Waals surface area contributed by atoms with E-state index in [4.69, 9.17) is 4.74 Å². The van der Waals surface area contributed by atoms with Gasteiger partial charge in [0.25, 0.3) is 0 Å².